The van der Waals surface area contributed by atoms with Crippen LogP contribution in [-0.4, -0.2) is 20.4 Å². The summed E-state index contributed by atoms with van der Waals surface area (Å²) in [6.45, 7) is 8.16. The minimum Gasteiger partial charge on any atom is -0.351 e. The summed E-state index contributed by atoms with van der Waals surface area (Å²) >= 11 is 0. The molecule has 0 fully saturated rings. The monoisotopic (exact) mass is 388 g/mol. The molecule has 0 saturated carbocycles. The summed E-state index contributed by atoms with van der Waals surface area (Å²) in [7, 11) is -3.77. The Balaban J connectivity index is 2.12. The maximum Gasteiger partial charge on any atom is 0.241 e. The first kappa shape index (κ1) is 21.1. The third kappa shape index (κ3) is 6.19. The number of hydrogen-bond acceptors (Lipinski definition) is 3. The van der Waals surface area contributed by atoms with Crippen molar-refractivity contribution in [2.75, 3.05) is 0 Å². The smallest absolute Gasteiger partial charge is 0.241 e. The summed E-state index contributed by atoms with van der Waals surface area (Å²) in [5.74, 6) is -0.150. The standard InChI is InChI=1S/C21H28N2O3S/c1-15(2)13-20(21(24)22-14-18-8-6-5-7-17(18)4)23-27(25,26)19-11-9-16(3)10-12-19/h5-12,15,20,23H,13-14H2,1-4H3,(H,22,24)/t20-/m1/s1. The lowest BCUT2D eigenvalue weighted by Gasteiger charge is -2.20. The second-order valence-electron chi connectivity index (χ2n) is 7.26. The van der Waals surface area contributed by atoms with E-state index in [2.05, 4.69) is 10.0 Å². The van der Waals surface area contributed by atoms with Crippen molar-refractivity contribution in [2.24, 2.45) is 5.92 Å². The van der Waals surface area contributed by atoms with Crippen LogP contribution in [0.1, 0.15) is 37.0 Å². The minimum absolute atomic E-state index is 0.161. The molecular formula is C21H28N2O3S. The molecule has 27 heavy (non-hydrogen) atoms. The number of benzene rings is 2. The Kier molecular flexibility index (Phi) is 7.16. The molecule has 0 bridgehead atoms. The van der Waals surface area contributed by atoms with Crippen molar-refractivity contribution in [1.82, 2.24) is 10.0 Å². The highest BCUT2D eigenvalue weighted by molar-refractivity contribution is 7.89. The lowest BCUT2D eigenvalue weighted by molar-refractivity contribution is -0.123. The van der Waals surface area contributed by atoms with Gasteiger partial charge in [-0.15, -0.1) is 0 Å². The average molecular weight is 389 g/mol. The topological polar surface area (TPSA) is 75.3 Å². The highest BCUT2D eigenvalue weighted by Crippen LogP contribution is 2.14. The zero-order valence-electron chi connectivity index (χ0n) is 16.3. The molecule has 146 valence electrons. The Labute approximate surface area is 162 Å². The van der Waals surface area contributed by atoms with Crippen molar-refractivity contribution in [1.29, 1.82) is 0 Å². The van der Waals surface area contributed by atoms with Crippen LogP contribution in [0.4, 0.5) is 0 Å². The van der Waals surface area contributed by atoms with Gasteiger partial charge in [-0.25, -0.2) is 8.42 Å². The second-order valence-corrected chi connectivity index (χ2v) is 8.97. The lowest BCUT2D eigenvalue weighted by Crippen LogP contribution is -2.47. The summed E-state index contributed by atoms with van der Waals surface area (Å²) in [5.41, 5.74) is 3.07. The molecule has 0 aliphatic rings. The van der Waals surface area contributed by atoms with Crippen LogP contribution in [0.2, 0.25) is 0 Å². The zero-order valence-corrected chi connectivity index (χ0v) is 17.1. The highest BCUT2D eigenvalue weighted by atomic mass is 32.2. The van der Waals surface area contributed by atoms with E-state index < -0.39 is 16.1 Å². The molecule has 2 aromatic carbocycles. The first-order valence-corrected chi connectivity index (χ1v) is 10.6. The molecule has 6 heteroatoms. The van der Waals surface area contributed by atoms with Gasteiger partial charge in [-0.05, 0) is 49.4 Å². The van der Waals surface area contributed by atoms with Crippen molar-refractivity contribution in [3.63, 3.8) is 0 Å². The van der Waals surface area contributed by atoms with Gasteiger partial charge >= 0.3 is 0 Å². The molecule has 0 unspecified atom stereocenters. The molecule has 2 rings (SSSR count). The van der Waals surface area contributed by atoms with Crippen LogP contribution in [0.25, 0.3) is 0 Å². The van der Waals surface area contributed by atoms with Crippen molar-refractivity contribution in [3.8, 4) is 0 Å². The first-order valence-electron chi connectivity index (χ1n) is 9.10. The van der Waals surface area contributed by atoms with E-state index in [1.165, 1.54) is 0 Å². The van der Waals surface area contributed by atoms with E-state index in [0.29, 0.717) is 13.0 Å². The van der Waals surface area contributed by atoms with Gasteiger partial charge in [0.05, 0.1) is 4.90 Å². The quantitative estimate of drug-likeness (QED) is 0.728. The van der Waals surface area contributed by atoms with E-state index in [1.54, 1.807) is 24.3 Å². The van der Waals surface area contributed by atoms with Gasteiger partial charge in [0.15, 0.2) is 0 Å². The summed E-state index contributed by atoms with van der Waals surface area (Å²) in [4.78, 5) is 12.8. The Morgan fingerprint density at radius 3 is 2.22 bits per heavy atom. The molecule has 0 radical (unpaired) electrons. The van der Waals surface area contributed by atoms with Gasteiger partial charge in [0.2, 0.25) is 15.9 Å². The molecule has 0 spiro atoms. The summed E-state index contributed by atoms with van der Waals surface area (Å²) in [6, 6.07) is 13.5. The van der Waals surface area contributed by atoms with Gasteiger partial charge in [0.1, 0.15) is 6.04 Å². The lowest BCUT2D eigenvalue weighted by atomic mass is 10.0. The van der Waals surface area contributed by atoms with Crippen LogP contribution >= 0.6 is 0 Å². The van der Waals surface area contributed by atoms with Gasteiger partial charge in [0.25, 0.3) is 0 Å². The molecular weight excluding hydrogens is 360 g/mol. The maximum absolute atomic E-state index is 12.7. The van der Waals surface area contributed by atoms with E-state index >= 15 is 0 Å². The Bertz CT molecular complexity index is 875. The van der Waals surface area contributed by atoms with Gasteiger partial charge in [-0.1, -0.05) is 55.8 Å². The fourth-order valence-electron chi connectivity index (χ4n) is 2.77. The highest BCUT2D eigenvalue weighted by Gasteiger charge is 2.26. The van der Waals surface area contributed by atoms with Gasteiger partial charge in [-0.2, -0.15) is 4.72 Å². The Morgan fingerprint density at radius 2 is 1.63 bits per heavy atom. The molecule has 0 saturated heterocycles. The van der Waals surface area contributed by atoms with Crippen molar-refractivity contribution in [2.45, 2.75) is 51.6 Å². The van der Waals surface area contributed by atoms with Gasteiger partial charge < -0.3 is 5.32 Å². The number of carbonyl (C=O) groups is 1. The number of nitrogens with one attached hydrogen (secondary N) is 2. The minimum atomic E-state index is -3.77. The van der Waals surface area contributed by atoms with Crippen LogP contribution < -0.4 is 10.0 Å². The van der Waals surface area contributed by atoms with Gasteiger partial charge in [0, 0.05) is 6.54 Å². The molecule has 5 nitrogen and oxygen atoms in total. The van der Waals surface area contributed by atoms with E-state index in [9.17, 15) is 13.2 Å². The van der Waals surface area contributed by atoms with E-state index in [-0.39, 0.29) is 16.7 Å². The van der Waals surface area contributed by atoms with Crippen LogP contribution in [0.5, 0.6) is 0 Å². The Morgan fingerprint density at radius 1 is 1.00 bits per heavy atom. The second kappa shape index (κ2) is 9.15. The normalized spacial score (nSPS) is 12.8. The van der Waals surface area contributed by atoms with Crippen LogP contribution in [-0.2, 0) is 21.4 Å². The molecule has 0 aliphatic heterocycles. The third-order valence-electron chi connectivity index (χ3n) is 4.37. The first-order chi connectivity index (χ1) is 12.7. The zero-order chi connectivity index (χ0) is 20.0. The Hall–Kier alpha value is -2.18. The van der Waals surface area contributed by atoms with Crippen molar-refractivity contribution in [3.05, 3.63) is 65.2 Å². The number of amides is 1. The van der Waals surface area contributed by atoms with E-state index in [1.807, 2.05) is 52.0 Å². The molecule has 1 atom stereocenters. The summed E-state index contributed by atoms with van der Waals surface area (Å²) < 4.78 is 27.9. The third-order valence-corrected chi connectivity index (χ3v) is 5.85. The van der Waals surface area contributed by atoms with E-state index in [4.69, 9.17) is 0 Å². The predicted octanol–water partition coefficient (Wildman–Crippen LogP) is 3.31. The number of hydrogen-bond donors (Lipinski definition) is 2. The van der Waals surface area contributed by atoms with Gasteiger partial charge in [-0.3, -0.25) is 4.79 Å². The molecule has 2 aromatic rings. The average Bonchev–Trinajstić information content (AvgIpc) is 2.60. The molecule has 0 aromatic heterocycles. The fourth-order valence-corrected chi connectivity index (χ4v) is 3.98. The number of rotatable bonds is 8. The molecule has 1 amide bonds. The van der Waals surface area contributed by atoms with Crippen LogP contribution in [0.15, 0.2) is 53.4 Å². The predicted molar refractivity (Wildman–Crippen MR) is 108 cm³/mol. The largest absolute Gasteiger partial charge is 0.351 e. The van der Waals surface area contributed by atoms with Crippen LogP contribution in [0, 0.1) is 19.8 Å². The van der Waals surface area contributed by atoms with Crippen molar-refractivity contribution >= 4 is 15.9 Å². The number of sulfonamides is 1. The fraction of sp³-hybridized carbons (Fsp3) is 0.381. The summed E-state index contributed by atoms with van der Waals surface area (Å²) in [6.07, 6.45) is 0.421. The molecule has 0 heterocycles. The maximum atomic E-state index is 12.7. The summed E-state index contributed by atoms with van der Waals surface area (Å²) in [5, 5.41) is 2.86. The van der Waals surface area contributed by atoms with E-state index in [0.717, 1.165) is 16.7 Å². The van der Waals surface area contributed by atoms with Crippen molar-refractivity contribution < 1.29 is 13.2 Å². The molecule has 2 N–H and O–H groups in total. The van der Waals surface area contributed by atoms with Crippen LogP contribution in [0.3, 0.4) is 0 Å². The SMILES string of the molecule is Cc1ccc(S(=O)(=O)N[C@H](CC(C)C)C(=O)NCc2ccccc2C)cc1. The number of carbonyl (C=O) groups excluding carboxylic acids is 1. The molecule has 0 aliphatic carbocycles. The number of aryl methyl sites for hydroxylation is 2.